The van der Waals surface area contributed by atoms with Gasteiger partial charge >= 0.3 is 0 Å². The summed E-state index contributed by atoms with van der Waals surface area (Å²) in [4.78, 5) is 0. The molecule has 2 rings (SSSR count). The lowest BCUT2D eigenvalue weighted by Crippen LogP contribution is -2.47. The van der Waals surface area contributed by atoms with Crippen molar-refractivity contribution in [3.05, 3.63) is 29.8 Å². The van der Waals surface area contributed by atoms with Crippen LogP contribution in [-0.4, -0.2) is 36.5 Å². The number of rotatable bonds is 4. The van der Waals surface area contributed by atoms with Crippen LogP contribution in [0.2, 0.25) is 0 Å². The molecule has 0 aromatic heterocycles. The summed E-state index contributed by atoms with van der Waals surface area (Å²) < 4.78 is 35.3. The van der Waals surface area contributed by atoms with E-state index in [2.05, 4.69) is 0 Å². The second-order valence-electron chi connectivity index (χ2n) is 4.83. The van der Waals surface area contributed by atoms with Crippen molar-refractivity contribution in [1.82, 2.24) is 0 Å². The fourth-order valence-corrected chi connectivity index (χ4v) is 3.34. The molecule has 0 aliphatic heterocycles. The van der Waals surface area contributed by atoms with Gasteiger partial charge in [-0.3, -0.25) is 4.55 Å². The van der Waals surface area contributed by atoms with E-state index in [-0.39, 0.29) is 5.92 Å². The van der Waals surface area contributed by atoms with Crippen LogP contribution in [0.5, 0.6) is 5.75 Å². The Morgan fingerprint density at radius 2 is 1.89 bits per heavy atom. The van der Waals surface area contributed by atoms with E-state index < -0.39 is 21.5 Å². The molecule has 0 heterocycles. The van der Waals surface area contributed by atoms with Crippen LogP contribution < -0.4 is 4.74 Å². The summed E-state index contributed by atoms with van der Waals surface area (Å²) in [5, 5.41) is 9.91. The Kier molecular flexibility index (Phi) is 3.35. The lowest BCUT2D eigenvalue weighted by molar-refractivity contribution is -0.0290. The molecular formula is C12H16O5S. The zero-order valence-corrected chi connectivity index (χ0v) is 10.9. The maximum absolute atomic E-state index is 10.7. The van der Waals surface area contributed by atoms with Gasteiger partial charge in [-0.15, -0.1) is 0 Å². The van der Waals surface area contributed by atoms with Crippen LogP contribution >= 0.6 is 0 Å². The Labute approximate surface area is 106 Å². The number of ether oxygens (including phenoxy) is 1. The van der Waals surface area contributed by atoms with Crippen LogP contribution in [0.3, 0.4) is 0 Å². The number of hydrogen-bond donors (Lipinski definition) is 2. The SMILES string of the molecule is COc1ccc(C2CC(O)(CS(=O)(=O)O)C2)cc1. The van der Waals surface area contributed by atoms with E-state index in [0.717, 1.165) is 11.3 Å². The maximum Gasteiger partial charge on any atom is 0.267 e. The fraction of sp³-hybridized carbons (Fsp3) is 0.500. The Bertz CT molecular complexity index is 514. The minimum Gasteiger partial charge on any atom is -0.497 e. The molecule has 0 radical (unpaired) electrons. The average molecular weight is 272 g/mol. The second kappa shape index (κ2) is 4.53. The maximum atomic E-state index is 10.7. The van der Waals surface area contributed by atoms with E-state index in [1.54, 1.807) is 7.11 Å². The van der Waals surface area contributed by atoms with Crippen molar-refractivity contribution in [2.45, 2.75) is 24.4 Å². The van der Waals surface area contributed by atoms with Gasteiger partial charge in [0.15, 0.2) is 0 Å². The van der Waals surface area contributed by atoms with Gasteiger partial charge in [-0.1, -0.05) is 12.1 Å². The number of aliphatic hydroxyl groups is 1. The third kappa shape index (κ3) is 3.01. The third-order valence-corrected chi connectivity index (χ3v) is 4.19. The lowest BCUT2D eigenvalue weighted by Gasteiger charge is -2.43. The Hall–Kier alpha value is -1.11. The topological polar surface area (TPSA) is 83.8 Å². The summed E-state index contributed by atoms with van der Waals surface area (Å²) in [5.74, 6) is 0.293. The van der Waals surface area contributed by atoms with E-state index in [4.69, 9.17) is 9.29 Å². The van der Waals surface area contributed by atoms with Crippen molar-refractivity contribution in [1.29, 1.82) is 0 Å². The molecule has 1 aromatic rings. The van der Waals surface area contributed by atoms with Gasteiger partial charge in [0.25, 0.3) is 10.1 Å². The molecule has 6 heteroatoms. The highest BCUT2D eigenvalue weighted by molar-refractivity contribution is 7.85. The van der Waals surface area contributed by atoms with Crippen LogP contribution in [-0.2, 0) is 10.1 Å². The molecule has 1 aliphatic carbocycles. The summed E-state index contributed by atoms with van der Waals surface area (Å²) in [6.45, 7) is 0. The molecule has 100 valence electrons. The molecule has 0 spiro atoms. The van der Waals surface area contributed by atoms with Crippen molar-refractivity contribution in [2.75, 3.05) is 12.9 Å². The average Bonchev–Trinajstić information content (AvgIpc) is 2.23. The standard InChI is InChI=1S/C12H16O5S/c1-17-11-4-2-9(3-5-11)10-6-12(13,7-10)8-18(14,15)16/h2-5,10,13H,6-8H2,1H3,(H,14,15,16). The van der Waals surface area contributed by atoms with Gasteiger partial charge in [0.1, 0.15) is 11.5 Å². The number of benzene rings is 1. The van der Waals surface area contributed by atoms with Crippen molar-refractivity contribution in [3.8, 4) is 5.75 Å². The monoisotopic (exact) mass is 272 g/mol. The number of hydrogen-bond acceptors (Lipinski definition) is 4. The molecule has 5 nitrogen and oxygen atoms in total. The van der Waals surface area contributed by atoms with Gasteiger partial charge in [0, 0.05) is 0 Å². The van der Waals surface area contributed by atoms with E-state index in [1.165, 1.54) is 0 Å². The predicted octanol–water partition coefficient (Wildman–Crippen LogP) is 1.19. The summed E-state index contributed by atoms with van der Waals surface area (Å²) in [6, 6.07) is 7.46. The second-order valence-corrected chi connectivity index (χ2v) is 6.28. The molecule has 0 atom stereocenters. The first-order chi connectivity index (χ1) is 8.31. The van der Waals surface area contributed by atoms with Crippen molar-refractivity contribution >= 4 is 10.1 Å². The van der Waals surface area contributed by atoms with E-state index in [9.17, 15) is 13.5 Å². The lowest BCUT2D eigenvalue weighted by atomic mass is 9.69. The largest absolute Gasteiger partial charge is 0.497 e. The van der Waals surface area contributed by atoms with Gasteiger partial charge in [0.2, 0.25) is 0 Å². The van der Waals surface area contributed by atoms with Crippen LogP contribution in [0.25, 0.3) is 0 Å². The molecule has 1 saturated carbocycles. The predicted molar refractivity (Wildman–Crippen MR) is 66.3 cm³/mol. The zero-order chi connectivity index (χ0) is 13.4. The van der Waals surface area contributed by atoms with Gasteiger partial charge < -0.3 is 9.84 Å². The quantitative estimate of drug-likeness (QED) is 0.804. The first kappa shape index (κ1) is 13.3. The highest BCUT2D eigenvalue weighted by Crippen LogP contribution is 2.45. The van der Waals surface area contributed by atoms with Crippen LogP contribution in [0.1, 0.15) is 24.3 Å². The molecule has 18 heavy (non-hydrogen) atoms. The minimum absolute atomic E-state index is 0.127. The summed E-state index contributed by atoms with van der Waals surface area (Å²) >= 11 is 0. The fourth-order valence-electron chi connectivity index (χ4n) is 2.43. The minimum atomic E-state index is -4.13. The first-order valence-corrected chi connectivity index (χ1v) is 7.24. The molecule has 0 amide bonds. The van der Waals surface area contributed by atoms with Crippen molar-refractivity contribution in [2.24, 2.45) is 0 Å². The van der Waals surface area contributed by atoms with Gasteiger partial charge in [-0.2, -0.15) is 8.42 Å². The van der Waals surface area contributed by atoms with Gasteiger partial charge in [0.05, 0.1) is 12.7 Å². The molecule has 0 saturated heterocycles. The van der Waals surface area contributed by atoms with Crippen LogP contribution in [0.4, 0.5) is 0 Å². The summed E-state index contributed by atoms with van der Waals surface area (Å²) in [5.41, 5.74) is -0.256. The van der Waals surface area contributed by atoms with Crippen LogP contribution in [0, 0.1) is 0 Å². The van der Waals surface area contributed by atoms with Crippen molar-refractivity contribution in [3.63, 3.8) is 0 Å². The zero-order valence-electron chi connectivity index (χ0n) is 10.0. The Morgan fingerprint density at radius 3 is 2.33 bits per heavy atom. The normalized spacial score (nSPS) is 27.6. The summed E-state index contributed by atoms with van der Waals surface area (Å²) in [7, 11) is -2.54. The van der Waals surface area contributed by atoms with E-state index >= 15 is 0 Å². The van der Waals surface area contributed by atoms with Crippen LogP contribution in [0.15, 0.2) is 24.3 Å². The molecule has 1 fully saturated rings. The van der Waals surface area contributed by atoms with E-state index in [0.29, 0.717) is 12.8 Å². The summed E-state index contributed by atoms with van der Waals surface area (Å²) in [6.07, 6.45) is 0.693. The van der Waals surface area contributed by atoms with E-state index in [1.807, 2.05) is 24.3 Å². The van der Waals surface area contributed by atoms with Crippen molar-refractivity contribution < 1.29 is 22.8 Å². The molecule has 0 bridgehead atoms. The molecule has 2 N–H and O–H groups in total. The number of methoxy groups -OCH3 is 1. The molecule has 1 aromatic carbocycles. The highest BCUT2D eigenvalue weighted by atomic mass is 32.2. The third-order valence-electron chi connectivity index (χ3n) is 3.29. The molecule has 1 aliphatic rings. The smallest absolute Gasteiger partial charge is 0.267 e. The first-order valence-electron chi connectivity index (χ1n) is 5.63. The Balaban J connectivity index is 1.99. The van der Waals surface area contributed by atoms with Gasteiger partial charge in [-0.25, -0.2) is 0 Å². The molecule has 0 unspecified atom stereocenters. The Morgan fingerprint density at radius 1 is 1.33 bits per heavy atom. The highest BCUT2D eigenvalue weighted by Gasteiger charge is 2.45. The van der Waals surface area contributed by atoms with Gasteiger partial charge in [-0.05, 0) is 36.5 Å². The molecular weight excluding hydrogens is 256 g/mol.